The quantitative estimate of drug-likeness (QED) is 0.447. The molecule has 2 rings (SSSR count). The molecule has 0 fully saturated rings. The van der Waals surface area contributed by atoms with E-state index in [2.05, 4.69) is 18.9 Å². The molecule has 0 bridgehead atoms. The minimum absolute atomic E-state index is 0. The molecule has 0 unspecified atom stereocenters. The summed E-state index contributed by atoms with van der Waals surface area (Å²) in [6.45, 7) is 3.25. The molecule has 0 radical (unpaired) electrons. The zero-order valence-electron chi connectivity index (χ0n) is 7.94. The summed E-state index contributed by atoms with van der Waals surface area (Å²) in [7, 11) is 0. The average molecular weight is 284 g/mol. The normalized spacial score (nSPS) is 8.00. The predicted molar refractivity (Wildman–Crippen MR) is 56.3 cm³/mol. The van der Waals surface area contributed by atoms with Gasteiger partial charge in [-0.3, -0.25) is 6.79 Å². The van der Waals surface area contributed by atoms with Crippen LogP contribution in [0.5, 0.6) is 0 Å². The second-order valence-electron chi connectivity index (χ2n) is 2.55. The Morgan fingerprint density at radius 2 is 1.20 bits per heavy atom. The Bertz CT molecular complexity index is 321. The smallest absolute Gasteiger partial charge is 0.545 e. The molecule has 0 atom stereocenters. The van der Waals surface area contributed by atoms with E-state index in [-0.39, 0.29) is 19.5 Å². The minimum Gasteiger partial charge on any atom is -0.545 e. The first-order valence-electron chi connectivity index (χ1n) is 4.14. The summed E-state index contributed by atoms with van der Waals surface area (Å²) in [4.78, 5) is 7.75. The molecular formula is C13H9ORh. The van der Waals surface area contributed by atoms with Gasteiger partial charge in [0.2, 0.25) is 0 Å². The summed E-state index contributed by atoms with van der Waals surface area (Å²) in [5, 5.41) is 0. The maximum atomic E-state index is 7.75. The molecule has 0 aliphatic heterocycles. The summed E-state index contributed by atoms with van der Waals surface area (Å²) in [5.41, 5.74) is 2.19. The summed E-state index contributed by atoms with van der Waals surface area (Å²) in [5.74, 6) is 0. The first kappa shape index (κ1) is 13.7. The van der Waals surface area contributed by atoms with Crippen molar-refractivity contribution >= 4 is 6.79 Å². The second-order valence-corrected chi connectivity index (χ2v) is 2.55. The summed E-state index contributed by atoms with van der Waals surface area (Å²) >= 11 is 0. The Hall–Kier alpha value is -1.27. The fourth-order valence-corrected chi connectivity index (χ4v) is 1.12. The van der Waals surface area contributed by atoms with Crippen LogP contribution in [0, 0.1) is 12.1 Å². The zero-order chi connectivity index (χ0) is 10.2. The van der Waals surface area contributed by atoms with Gasteiger partial charge in [0.15, 0.2) is 0 Å². The minimum atomic E-state index is 0. The average Bonchev–Trinajstić information content (AvgIpc) is 2.34. The second kappa shape index (κ2) is 8.08. The molecule has 0 N–H and O–H groups in total. The molecule has 0 heterocycles. The van der Waals surface area contributed by atoms with Crippen molar-refractivity contribution in [2.75, 3.05) is 0 Å². The third-order valence-corrected chi connectivity index (χ3v) is 1.71. The van der Waals surface area contributed by atoms with Crippen molar-refractivity contribution in [3.05, 3.63) is 60.7 Å². The van der Waals surface area contributed by atoms with E-state index in [9.17, 15) is 0 Å². The van der Waals surface area contributed by atoms with Crippen molar-refractivity contribution in [2.45, 2.75) is 0 Å². The maximum Gasteiger partial charge on any atom is 3.00 e. The fraction of sp³-hybridized carbons (Fsp3) is 0. The van der Waals surface area contributed by atoms with Crippen LogP contribution < -0.4 is 0 Å². The Labute approximate surface area is 103 Å². The van der Waals surface area contributed by atoms with Crippen molar-refractivity contribution < 1.29 is 24.3 Å². The van der Waals surface area contributed by atoms with Gasteiger partial charge in [-0.2, -0.15) is 48.5 Å². The Kier molecular flexibility index (Phi) is 7.39. The third kappa shape index (κ3) is 4.18. The van der Waals surface area contributed by atoms with E-state index in [1.165, 1.54) is 0 Å². The summed E-state index contributed by atoms with van der Waals surface area (Å²) in [6.07, 6.45) is 0. The predicted octanol–water partition coefficient (Wildman–Crippen LogP) is 2.68. The van der Waals surface area contributed by atoms with Gasteiger partial charge in [-0.25, -0.2) is 11.1 Å². The number of hydrogen-bond donors (Lipinski definition) is 0. The van der Waals surface area contributed by atoms with Gasteiger partial charge >= 0.3 is 19.5 Å². The number of hydrogen-bond acceptors (Lipinski definition) is 1. The number of carbonyl (C=O) groups excluding carboxylic acids is 1. The van der Waals surface area contributed by atoms with Gasteiger partial charge in [-0.15, -0.1) is 12.1 Å². The van der Waals surface area contributed by atoms with Gasteiger partial charge in [-0.1, -0.05) is 0 Å². The van der Waals surface area contributed by atoms with Gasteiger partial charge in [0.05, 0.1) is 0 Å². The Balaban J connectivity index is 0.000000617. The molecule has 76 valence electrons. The van der Waals surface area contributed by atoms with Crippen LogP contribution in [-0.4, -0.2) is 6.79 Å². The van der Waals surface area contributed by atoms with Crippen LogP contribution in [0.4, 0.5) is 0 Å². The number of rotatable bonds is 1. The first-order chi connectivity index (χ1) is 6.97. The molecule has 0 spiro atoms. The van der Waals surface area contributed by atoms with Crippen LogP contribution in [0.25, 0.3) is 11.1 Å². The topological polar surface area (TPSA) is 17.1 Å². The molecule has 0 saturated heterocycles. The van der Waals surface area contributed by atoms with E-state index in [4.69, 9.17) is 4.79 Å². The zero-order valence-corrected chi connectivity index (χ0v) is 9.58. The SMILES string of the molecule is [CH-]=O.[Rh+3].[c-]1ccccc1-c1[c-]cccc1. The molecule has 0 aliphatic carbocycles. The van der Waals surface area contributed by atoms with Crippen LogP contribution in [0.2, 0.25) is 0 Å². The van der Waals surface area contributed by atoms with E-state index in [0.717, 1.165) is 11.1 Å². The standard InChI is InChI=1S/C12H8.CHO.Rh/c1-3-7-11(8-4-1)12-9-5-2-6-10-12;1-2;/h1-7,9H;1H;/q-2;-1;+3. The number of benzene rings is 2. The summed E-state index contributed by atoms with van der Waals surface area (Å²) < 4.78 is 0. The van der Waals surface area contributed by atoms with E-state index < -0.39 is 0 Å². The van der Waals surface area contributed by atoms with Crippen molar-refractivity contribution in [1.82, 2.24) is 0 Å². The van der Waals surface area contributed by atoms with Gasteiger partial charge in [0.25, 0.3) is 0 Å². The Morgan fingerprint density at radius 1 is 0.800 bits per heavy atom. The molecule has 2 aromatic carbocycles. The van der Waals surface area contributed by atoms with E-state index >= 15 is 0 Å². The van der Waals surface area contributed by atoms with Gasteiger partial charge in [-0.05, 0) is 0 Å². The van der Waals surface area contributed by atoms with Crippen molar-refractivity contribution in [3.8, 4) is 11.1 Å². The fourth-order valence-electron chi connectivity index (χ4n) is 1.12. The van der Waals surface area contributed by atoms with E-state index in [1.807, 2.05) is 48.5 Å². The van der Waals surface area contributed by atoms with Gasteiger partial charge < -0.3 is 4.79 Å². The molecule has 2 heteroatoms. The summed E-state index contributed by atoms with van der Waals surface area (Å²) in [6, 6.07) is 22.1. The van der Waals surface area contributed by atoms with Gasteiger partial charge in [0, 0.05) is 0 Å². The van der Waals surface area contributed by atoms with Crippen LogP contribution >= 0.6 is 0 Å². The molecule has 2 aromatic rings. The largest absolute Gasteiger partial charge is 3.00 e. The molecule has 0 aliphatic rings. The first-order valence-corrected chi connectivity index (χ1v) is 4.14. The van der Waals surface area contributed by atoms with Crippen molar-refractivity contribution in [3.63, 3.8) is 0 Å². The van der Waals surface area contributed by atoms with Crippen LogP contribution in [-0.2, 0) is 24.3 Å². The third-order valence-electron chi connectivity index (χ3n) is 1.71. The van der Waals surface area contributed by atoms with Crippen LogP contribution in [0.3, 0.4) is 0 Å². The monoisotopic (exact) mass is 284 g/mol. The molecular weight excluding hydrogens is 275 g/mol. The molecule has 1 nitrogen and oxygen atoms in total. The molecule has 0 aromatic heterocycles. The van der Waals surface area contributed by atoms with E-state index in [0.29, 0.717) is 0 Å². The maximum absolute atomic E-state index is 7.75. The van der Waals surface area contributed by atoms with Gasteiger partial charge in [0.1, 0.15) is 0 Å². The van der Waals surface area contributed by atoms with Crippen LogP contribution in [0.15, 0.2) is 48.5 Å². The van der Waals surface area contributed by atoms with Crippen molar-refractivity contribution in [2.24, 2.45) is 0 Å². The molecule has 15 heavy (non-hydrogen) atoms. The van der Waals surface area contributed by atoms with Crippen molar-refractivity contribution in [1.29, 1.82) is 0 Å². The molecule has 0 saturated carbocycles. The Morgan fingerprint density at radius 3 is 1.47 bits per heavy atom. The molecule has 0 amide bonds. The van der Waals surface area contributed by atoms with E-state index in [1.54, 1.807) is 0 Å². The van der Waals surface area contributed by atoms with Crippen LogP contribution in [0.1, 0.15) is 0 Å².